The van der Waals surface area contributed by atoms with Crippen LogP contribution in [0.5, 0.6) is 0 Å². The normalized spacial score (nSPS) is 26.2. The number of aryl methyl sites for hydroxylation is 1. The second-order valence-corrected chi connectivity index (χ2v) is 9.52. The van der Waals surface area contributed by atoms with Crippen molar-refractivity contribution in [2.45, 2.75) is 50.2 Å². The van der Waals surface area contributed by atoms with Crippen molar-refractivity contribution in [3.8, 4) is 11.1 Å². The lowest BCUT2D eigenvalue weighted by Crippen LogP contribution is -2.54. The minimum Gasteiger partial charge on any atom is -0.349 e. The fourth-order valence-electron chi connectivity index (χ4n) is 5.50. The maximum absolute atomic E-state index is 6.74. The Bertz CT molecular complexity index is 1270. The van der Waals surface area contributed by atoms with Crippen molar-refractivity contribution in [2.24, 2.45) is 12.8 Å². The highest BCUT2D eigenvalue weighted by Gasteiger charge is 2.45. The number of fused-ring (bicyclic) bond motifs is 4. The van der Waals surface area contributed by atoms with E-state index in [1.807, 2.05) is 37.8 Å². The van der Waals surface area contributed by atoms with Crippen molar-refractivity contribution in [1.29, 1.82) is 0 Å². The van der Waals surface area contributed by atoms with E-state index in [9.17, 15) is 0 Å². The van der Waals surface area contributed by atoms with E-state index >= 15 is 0 Å². The summed E-state index contributed by atoms with van der Waals surface area (Å²) >= 11 is 6.74. The van der Waals surface area contributed by atoms with Crippen LogP contribution in [-0.2, 0) is 7.05 Å². The van der Waals surface area contributed by atoms with E-state index in [0.717, 1.165) is 51.9 Å². The molecule has 0 unspecified atom stereocenters. The molecule has 3 aromatic heterocycles. The number of hydrogen-bond acceptors (Lipinski definition) is 5. The maximum atomic E-state index is 6.74. The van der Waals surface area contributed by atoms with Crippen molar-refractivity contribution < 1.29 is 0 Å². The van der Waals surface area contributed by atoms with Gasteiger partial charge < -0.3 is 15.6 Å². The number of rotatable bonds is 2. The number of halogens is 1. The Labute approximate surface area is 179 Å². The number of aromatic amines is 1. The average Bonchev–Trinajstić information content (AvgIpc) is 3.36. The van der Waals surface area contributed by atoms with Gasteiger partial charge in [-0.25, -0.2) is 9.97 Å². The molecule has 7 nitrogen and oxygen atoms in total. The Morgan fingerprint density at radius 2 is 1.97 bits per heavy atom. The molecule has 2 aliphatic heterocycles. The number of nitrogens with two attached hydrogens (primary N) is 1. The van der Waals surface area contributed by atoms with Crippen molar-refractivity contribution in [1.82, 2.24) is 24.7 Å². The minimum atomic E-state index is -0.0822. The first-order valence-corrected chi connectivity index (χ1v) is 10.8. The van der Waals surface area contributed by atoms with Gasteiger partial charge in [-0.1, -0.05) is 17.7 Å². The zero-order valence-corrected chi connectivity index (χ0v) is 17.8. The van der Waals surface area contributed by atoms with Crippen LogP contribution in [0.1, 0.15) is 32.6 Å². The zero-order chi connectivity index (χ0) is 20.6. The van der Waals surface area contributed by atoms with Gasteiger partial charge >= 0.3 is 0 Å². The van der Waals surface area contributed by atoms with Crippen LogP contribution in [0, 0.1) is 0 Å². The molecule has 0 aliphatic carbocycles. The third-order valence-corrected chi connectivity index (χ3v) is 7.09. The van der Waals surface area contributed by atoms with Crippen LogP contribution >= 0.6 is 11.6 Å². The lowest BCUT2D eigenvalue weighted by atomic mass is 9.85. The van der Waals surface area contributed by atoms with Crippen molar-refractivity contribution in [2.75, 3.05) is 4.90 Å². The van der Waals surface area contributed by atoms with E-state index < -0.39 is 0 Å². The first-order chi connectivity index (χ1) is 14.4. The van der Waals surface area contributed by atoms with Gasteiger partial charge in [0, 0.05) is 53.6 Å². The summed E-state index contributed by atoms with van der Waals surface area (Å²) < 4.78 is 1.78. The summed E-state index contributed by atoms with van der Waals surface area (Å²) in [7, 11) is 1.90. The van der Waals surface area contributed by atoms with Gasteiger partial charge in [0.1, 0.15) is 11.3 Å². The van der Waals surface area contributed by atoms with Crippen LogP contribution in [0.25, 0.3) is 33.2 Å². The third-order valence-electron chi connectivity index (χ3n) is 6.68. The summed E-state index contributed by atoms with van der Waals surface area (Å²) in [6.45, 7) is 2.17. The summed E-state index contributed by atoms with van der Waals surface area (Å²) in [5.74, 6) is 0.938. The predicted molar refractivity (Wildman–Crippen MR) is 120 cm³/mol. The van der Waals surface area contributed by atoms with Crippen molar-refractivity contribution in [3.05, 3.63) is 35.7 Å². The fourth-order valence-corrected chi connectivity index (χ4v) is 5.81. The molecule has 6 rings (SSSR count). The van der Waals surface area contributed by atoms with Crippen molar-refractivity contribution in [3.63, 3.8) is 0 Å². The minimum absolute atomic E-state index is 0.0822. The molecule has 5 heterocycles. The Kier molecular flexibility index (Phi) is 3.74. The lowest BCUT2D eigenvalue weighted by molar-refractivity contribution is 0.305. The molecule has 0 saturated carbocycles. The predicted octanol–water partition coefficient (Wildman–Crippen LogP) is 4.01. The molecule has 1 aromatic carbocycles. The highest BCUT2D eigenvalue weighted by Crippen LogP contribution is 2.42. The van der Waals surface area contributed by atoms with Crippen LogP contribution in [0.15, 0.2) is 30.7 Å². The van der Waals surface area contributed by atoms with Crippen LogP contribution in [0.2, 0.25) is 5.02 Å². The number of piperidine rings is 1. The standard InChI is InChI=1S/C22H24ClN7/c1-22(24)7-12-3-4-13(8-22)30(12)18-10-25-20-15(9-26-21(20)27-18)14-5-6-17-16(19(14)23)11-29(2)28-17/h5-6,9-13H,3-4,7-8,24H2,1-2H3,(H,26,27)/t12-,13+,22+. The molecule has 2 saturated heterocycles. The summed E-state index contributed by atoms with van der Waals surface area (Å²) in [4.78, 5) is 15.5. The van der Waals surface area contributed by atoms with Crippen LogP contribution in [0.4, 0.5) is 5.82 Å². The second-order valence-electron chi connectivity index (χ2n) is 9.14. The molecule has 0 radical (unpaired) electrons. The monoisotopic (exact) mass is 421 g/mol. The second kappa shape index (κ2) is 6.18. The molecule has 2 fully saturated rings. The molecule has 30 heavy (non-hydrogen) atoms. The highest BCUT2D eigenvalue weighted by atomic mass is 35.5. The van der Waals surface area contributed by atoms with E-state index in [0.29, 0.717) is 17.1 Å². The van der Waals surface area contributed by atoms with Gasteiger partial charge in [0.2, 0.25) is 0 Å². The Balaban J connectivity index is 1.41. The number of nitrogens with one attached hydrogen (secondary N) is 1. The van der Waals surface area contributed by atoms with Crippen LogP contribution in [-0.4, -0.2) is 42.4 Å². The largest absolute Gasteiger partial charge is 0.349 e. The first kappa shape index (κ1) is 18.2. The average molecular weight is 422 g/mol. The van der Waals surface area contributed by atoms with Gasteiger partial charge in [-0.15, -0.1) is 0 Å². The summed E-state index contributed by atoms with van der Waals surface area (Å²) in [6.07, 6.45) is 10.1. The van der Waals surface area contributed by atoms with E-state index in [-0.39, 0.29) is 5.54 Å². The van der Waals surface area contributed by atoms with Crippen molar-refractivity contribution >= 4 is 39.5 Å². The molecule has 3 atom stereocenters. The molecular formula is C22H24ClN7. The van der Waals surface area contributed by atoms with Gasteiger partial charge in [0.15, 0.2) is 5.65 Å². The quantitative estimate of drug-likeness (QED) is 0.510. The van der Waals surface area contributed by atoms with Gasteiger partial charge in [-0.05, 0) is 38.7 Å². The Morgan fingerprint density at radius 1 is 1.20 bits per heavy atom. The lowest BCUT2D eigenvalue weighted by Gasteiger charge is -2.43. The zero-order valence-electron chi connectivity index (χ0n) is 17.1. The maximum Gasteiger partial charge on any atom is 0.159 e. The molecular weight excluding hydrogens is 398 g/mol. The molecule has 4 aromatic rings. The molecule has 3 N–H and O–H groups in total. The topological polar surface area (TPSA) is 88.7 Å². The summed E-state index contributed by atoms with van der Waals surface area (Å²) in [5, 5.41) is 6.05. The smallest absolute Gasteiger partial charge is 0.159 e. The molecule has 154 valence electrons. The number of anilines is 1. The van der Waals surface area contributed by atoms with Gasteiger partial charge in [-0.3, -0.25) is 4.68 Å². The number of benzene rings is 1. The molecule has 0 spiro atoms. The highest BCUT2D eigenvalue weighted by molar-refractivity contribution is 6.38. The van der Waals surface area contributed by atoms with Gasteiger partial charge in [0.05, 0.1) is 16.7 Å². The SMILES string of the molecule is Cn1cc2c(Cl)c(-c3c[nH]c4nc(N5[C@@H]6CC[C@H]5C[C@@](C)(N)C6)cnc34)ccc2n1. The molecule has 2 bridgehead atoms. The van der Waals surface area contributed by atoms with E-state index in [1.165, 1.54) is 12.8 Å². The van der Waals surface area contributed by atoms with E-state index in [2.05, 4.69) is 21.9 Å². The molecule has 0 amide bonds. The van der Waals surface area contributed by atoms with E-state index in [4.69, 9.17) is 27.3 Å². The first-order valence-electron chi connectivity index (χ1n) is 10.4. The van der Waals surface area contributed by atoms with Gasteiger partial charge in [0.25, 0.3) is 0 Å². The molecule has 2 aliphatic rings. The Morgan fingerprint density at radius 3 is 2.73 bits per heavy atom. The molecule has 8 heteroatoms. The Hall–Kier alpha value is -2.64. The number of hydrogen-bond donors (Lipinski definition) is 2. The number of H-pyrrole nitrogens is 1. The fraction of sp³-hybridized carbons (Fsp3) is 0.409. The third kappa shape index (κ3) is 2.65. The number of aromatic nitrogens is 5. The van der Waals surface area contributed by atoms with Gasteiger partial charge in [-0.2, -0.15) is 5.10 Å². The van der Waals surface area contributed by atoms with E-state index in [1.54, 1.807) is 4.68 Å². The number of nitrogens with zero attached hydrogens (tertiary/aromatic N) is 5. The summed E-state index contributed by atoms with van der Waals surface area (Å²) in [6, 6.07) is 4.89. The van der Waals surface area contributed by atoms with Crippen LogP contribution in [0.3, 0.4) is 0 Å². The van der Waals surface area contributed by atoms with Crippen LogP contribution < -0.4 is 10.6 Å². The summed E-state index contributed by atoms with van der Waals surface area (Å²) in [5.41, 5.74) is 10.8.